The second-order valence-corrected chi connectivity index (χ2v) is 8.26. The maximum absolute atomic E-state index is 12.9. The number of anilines is 2. The molecule has 0 aromatic heterocycles. The quantitative estimate of drug-likeness (QED) is 0.692. The summed E-state index contributed by atoms with van der Waals surface area (Å²) in [6.45, 7) is 0.976. The zero-order valence-electron chi connectivity index (χ0n) is 18.3. The van der Waals surface area contributed by atoms with E-state index in [0.717, 1.165) is 0 Å². The first-order valence-corrected chi connectivity index (χ1v) is 10.8. The van der Waals surface area contributed by atoms with Gasteiger partial charge in [0, 0.05) is 36.8 Å². The fourth-order valence-corrected chi connectivity index (χ4v) is 4.07. The Hall–Kier alpha value is -3.46. The number of nitrogens with one attached hydrogen (secondary N) is 1. The van der Waals surface area contributed by atoms with Gasteiger partial charge in [0.2, 0.25) is 17.7 Å². The molecule has 0 unspecified atom stereocenters. The van der Waals surface area contributed by atoms with Crippen molar-refractivity contribution in [2.75, 3.05) is 50.7 Å². The molecule has 0 spiro atoms. The van der Waals surface area contributed by atoms with E-state index < -0.39 is 11.8 Å². The molecule has 2 heterocycles. The maximum atomic E-state index is 12.9. The number of hydrogen-bond acceptors (Lipinski definition) is 6. The lowest BCUT2D eigenvalue weighted by atomic mass is 10.1. The van der Waals surface area contributed by atoms with Crippen LogP contribution in [0.4, 0.5) is 11.4 Å². The summed E-state index contributed by atoms with van der Waals surface area (Å²) in [7, 11) is 3.02. The Balaban J connectivity index is 1.38. The summed E-state index contributed by atoms with van der Waals surface area (Å²) in [5, 5.41) is 3.15. The number of methoxy groups -OCH3 is 1. The van der Waals surface area contributed by atoms with Gasteiger partial charge in [-0.2, -0.15) is 0 Å². The van der Waals surface area contributed by atoms with Crippen LogP contribution in [0, 0.1) is 5.92 Å². The minimum Gasteiger partial charge on any atom is -0.495 e. The Bertz CT molecular complexity index is 1090. The Labute approximate surface area is 196 Å². The first-order chi connectivity index (χ1) is 15.9. The van der Waals surface area contributed by atoms with Gasteiger partial charge in [0.1, 0.15) is 19.0 Å². The van der Waals surface area contributed by atoms with Crippen LogP contribution in [0.1, 0.15) is 6.42 Å². The summed E-state index contributed by atoms with van der Waals surface area (Å²) in [6, 6.07) is 10.1. The molecule has 1 saturated heterocycles. The fourth-order valence-electron chi connectivity index (χ4n) is 3.90. The lowest BCUT2D eigenvalue weighted by Gasteiger charge is -2.23. The Morgan fingerprint density at radius 1 is 1.18 bits per heavy atom. The van der Waals surface area contributed by atoms with Crippen LogP contribution in [0.25, 0.3) is 0 Å². The number of ether oxygens (including phenoxy) is 3. The first-order valence-electron chi connectivity index (χ1n) is 10.4. The molecule has 0 radical (unpaired) electrons. The van der Waals surface area contributed by atoms with E-state index in [1.807, 2.05) is 0 Å². The van der Waals surface area contributed by atoms with E-state index in [4.69, 9.17) is 25.8 Å². The summed E-state index contributed by atoms with van der Waals surface area (Å²) >= 11 is 5.99. The number of halogens is 1. The zero-order valence-corrected chi connectivity index (χ0v) is 19.1. The number of carbonyl (C=O) groups excluding carboxylic acids is 3. The van der Waals surface area contributed by atoms with Crippen LogP contribution in [-0.2, 0) is 14.4 Å². The highest BCUT2D eigenvalue weighted by Gasteiger charge is 2.37. The zero-order chi connectivity index (χ0) is 23.5. The van der Waals surface area contributed by atoms with Gasteiger partial charge in [-0.15, -0.1) is 0 Å². The lowest BCUT2D eigenvalue weighted by Crippen LogP contribution is -2.39. The molecule has 3 amide bonds. The van der Waals surface area contributed by atoms with Gasteiger partial charge in [0.05, 0.1) is 25.3 Å². The van der Waals surface area contributed by atoms with Crippen LogP contribution in [-0.4, -0.2) is 63.1 Å². The predicted octanol–water partition coefficient (Wildman–Crippen LogP) is 2.57. The Morgan fingerprint density at radius 3 is 2.70 bits per heavy atom. The molecule has 10 heteroatoms. The number of benzene rings is 2. The van der Waals surface area contributed by atoms with Crippen molar-refractivity contribution in [1.29, 1.82) is 0 Å². The number of rotatable bonds is 6. The number of amides is 3. The second-order valence-electron chi connectivity index (χ2n) is 7.82. The van der Waals surface area contributed by atoms with Crippen molar-refractivity contribution < 1.29 is 28.6 Å². The summed E-state index contributed by atoms with van der Waals surface area (Å²) in [5.41, 5.74) is 1.06. The molecule has 2 aromatic carbocycles. The molecule has 1 fully saturated rings. The van der Waals surface area contributed by atoms with Crippen LogP contribution in [0.2, 0.25) is 5.02 Å². The summed E-state index contributed by atoms with van der Waals surface area (Å²) in [5.74, 6) is 0.267. The normalized spacial score (nSPS) is 17.0. The number of carbonyl (C=O) groups is 3. The standard InChI is InChI=1S/C23H24ClN3O6/c1-26(13-21(28)25-17-10-15(24)3-5-18(17)31-2)23(30)14-9-22(29)27(12-14)16-4-6-19-20(11-16)33-8-7-32-19/h3-6,10-11,14H,7-9,12-13H2,1-2H3,(H,25,28)/t14-/m0/s1. The minimum atomic E-state index is -0.552. The van der Waals surface area contributed by atoms with Gasteiger partial charge >= 0.3 is 0 Å². The molecule has 0 saturated carbocycles. The predicted molar refractivity (Wildman–Crippen MR) is 122 cm³/mol. The van der Waals surface area contributed by atoms with Crippen LogP contribution in [0.15, 0.2) is 36.4 Å². The molecule has 9 nitrogen and oxygen atoms in total. The van der Waals surface area contributed by atoms with Crippen molar-refractivity contribution in [2.45, 2.75) is 6.42 Å². The summed E-state index contributed by atoms with van der Waals surface area (Å²) in [6.07, 6.45) is 0.0708. The van der Waals surface area contributed by atoms with Gasteiger partial charge in [-0.1, -0.05) is 11.6 Å². The van der Waals surface area contributed by atoms with Crippen LogP contribution >= 0.6 is 11.6 Å². The smallest absolute Gasteiger partial charge is 0.244 e. The molecule has 1 N–H and O–H groups in total. The minimum absolute atomic E-state index is 0.0708. The van der Waals surface area contributed by atoms with Crippen molar-refractivity contribution in [1.82, 2.24) is 4.90 Å². The third-order valence-corrected chi connectivity index (χ3v) is 5.74. The lowest BCUT2D eigenvalue weighted by molar-refractivity contribution is -0.137. The Morgan fingerprint density at radius 2 is 1.94 bits per heavy atom. The molecule has 0 aliphatic carbocycles. The molecular formula is C23H24ClN3O6. The average Bonchev–Trinajstić information content (AvgIpc) is 3.19. The highest BCUT2D eigenvalue weighted by molar-refractivity contribution is 6.31. The van der Waals surface area contributed by atoms with E-state index in [1.165, 1.54) is 19.1 Å². The third kappa shape index (κ3) is 4.98. The van der Waals surface area contributed by atoms with Crippen molar-refractivity contribution in [3.8, 4) is 17.2 Å². The maximum Gasteiger partial charge on any atom is 0.244 e. The van der Waals surface area contributed by atoms with E-state index in [0.29, 0.717) is 46.9 Å². The molecule has 1 atom stereocenters. The van der Waals surface area contributed by atoms with Crippen LogP contribution in [0.5, 0.6) is 17.2 Å². The first kappa shape index (κ1) is 22.7. The van der Waals surface area contributed by atoms with E-state index in [9.17, 15) is 14.4 Å². The monoisotopic (exact) mass is 473 g/mol. The summed E-state index contributed by atoms with van der Waals surface area (Å²) in [4.78, 5) is 40.9. The Kier molecular flexibility index (Phi) is 6.60. The van der Waals surface area contributed by atoms with Crippen molar-refractivity contribution in [3.05, 3.63) is 41.4 Å². The van der Waals surface area contributed by atoms with E-state index in [-0.39, 0.29) is 31.3 Å². The van der Waals surface area contributed by atoms with E-state index in [2.05, 4.69) is 5.32 Å². The number of nitrogens with zero attached hydrogens (tertiary/aromatic N) is 2. The van der Waals surface area contributed by atoms with E-state index in [1.54, 1.807) is 41.3 Å². The van der Waals surface area contributed by atoms with Gasteiger partial charge in [-0.3, -0.25) is 14.4 Å². The average molecular weight is 474 g/mol. The fraction of sp³-hybridized carbons (Fsp3) is 0.348. The third-order valence-electron chi connectivity index (χ3n) is 5.50. The molecule has 2 aliphatic rings. The molecule has 174 valence electrons. The highest BCUT2D eigenvalue weighted by Crippen LogP contribution is 2.36. The molecule has 2 aromatic rings. The van der Waals surface area contributed by atoms with Crippen molar-refractivity contribution >= 4 is 40.7 Å². The molecular weight excluding hydrogens is 450 g/mol. The molecule has 33 heavy (non-hydrogen) atoms. The van der Waals surface area contributed by atoms with Gasteiger partial charge < -0.3 is 29.3 Å². The van der Waals surface area contributed by atoms with Crippen LogP contribution < -0.4 is 24.4 Å². The number of likely N-dealkylation sites (N-methyl/N-ethyl adjacent to an activating group) is 1. The van der Waals surface area contributed by atoms with Crippen molar-refractivity contribution in [2.24, 2.45) is 5.92 Å². The summed E-state index contributed by atoms with van der Waals surface area (Å²) < 4.78 is 16.3. The van der Waals surface area contributed by atoms with E-state index >= 15 is 0 Å². The SMILES string of the molecule is COc1ccc(Cl)cc1NC(=O)CN(C)C(=O)[C@H]1CC(=O)N(c2ccc3c(c2)OCCO3)C1. The van der Waals surface area contributed by atoms with Gasteiger partial charge in [0.15, 0.2) is 11.5 Å². The topological polar surface area (TPSA) is 97.4 Å². The second kappa shape index (κ2) is 9.58. The number of fused-ring (bicyclic) bond motifs is 1. The molecule has 2 aliphatic heterocycles. The van der Waals surface area contributed by atoms with Gasteiger partial charge in [-0.25, -0.2) is 0 Å². The molecule has 0 bridgehead atoms. The number of hydrogen-bond donors (Lipinski definition) is 1. The van der Waals surface area contributed by atoms with Gasteiger partial charge in [0.25, 0.3) is 0 Å². The molecule has 4 rings (SSSR count). The van der Waals surface area contributed by atoms with Crippen LogP contribution in [0.3, 0.4) is 0 Å². The highest BCUT2D eigenvalue weighted by atomic mass is 35.5. The van der Waals surface area contributed by atoms with Gasteiger partial charge in [-0.05, 0) is 30.3 Å². The largest absolute Gasteiger partial charge is 0.495 e. The van der Waals surface area contributed by atoms with Crippen molar-refractivity contribution in [3.63, 3.8) is 0 Å².